The molecular weight excluding hydrogens is 163 g/mol. The summed E-state index contributed by atoms with van der Waals surface area (Å²) in [5.41, 5.74) is 0.308. The van der Waals surface area contributed by atoms with Gasteiger partial charge < -0.3 is 5.11 Å². The first-order valence-electron chi connectivity index (χ1n) is 3.29. The van der Waals surface area contributed by atoms with Crippen LogP contribution in [-0.4, -0.2) is 10.9 Å². The molecule has 1 aromatic rings. The quantitative estimate of drug-likeness (QED) is 0.652. The molecule has 1 N–H and O–H groups in total. The number of hydrogen-bond acceptors (Lipinski definition) is 2. The van der Waals surface area contributed by atoms with Gasteiger partial charge in [-0.2, -0.15) is 12.6 Å². The third kappa shape index (κ3) is 1.94. The molecule has 0 aliphatic heterocycles. The van der Waals surface area contributed by atoms with Gasteiger partial charge in [0.1, 0.15) is 5.82 Å². The number of benzene rings is 1. The van der Waals surface area contributed by atoms with E-state index >= 15 is 0 Å². The molecule has 0 radical (unpaired) electrons. The maximum Gasteiger partial charge on any atom is 0.129 e. The van der Waals surface area contributed by atoms with Crippen LogP contribution in [0.3, 0.4) is 0 Å². The van der Waals surface area contributed by atoms with E-state index in [2.05, 4.69) is 12.6 Å². The second kappa shape index (κ2) is 3.74. The van der Waals surface area contributed by atoms with Gasteiger partial charge in [-0.05, 0) is 6.07 Å². The van der Waals surface area contributed by atoms with Crippen LogP contribution in [0.25, 0.3) is 0 Å². The smallest absolute Gasteiger partial charge is 0.129 e. The van der Waals surface area contributed by atoms with Gasteiger partial charge in [0, 0.05) is 11.3 Å². The number of thiol groups is 1. The highest BCUT2D eigenvalue weighted by Crippen LogP contribution is 2.16. The lowest BCUT2D eigenvalue weighted by atomic mass is 10.1. The molecule has 0 spiro atoms. The minimum Gasteiger partial charge on any atom is -0.387 e. The summed E-state index contributed by atoms with van der Waals surface area (Å²) in [5.74, 6) is -0.143. The zero-order chi connectivity index (χ0) is 8.27. The maximum atomic E-state index is 12.8. The van der Waals surface area contributed by atoms with Gasteiger partial charge in [-0.3, -0.25) is 0 Å². The van der Waals surface area contributed by atoms with Gasteiger partial charge in [0.05, 0.1) is 6.10 Å². The lowest BCUT2D eigenvalue weighted by Gasteiger charge is -2.07. The van der Waals surface area contributed by atoms with Crippen molar-refractivity contribution in [3.8, 4) is 0 Å². The van der Waals surface area contributed by atoms with Crippen molar-refractivity contribution >= 4 is 12.6 Å². The van der Waals surface area contributed by atoms with Crippen LogP contribution in [0, 0.1) is 5.82 Å². The SMILES string of the molecule is OC(CS)c1ccccc1F. The maximum absolute atomic E-state index is 12.8. The van der Waals surface area contributed by atoms with Gasteiger partial charge in [-0.15, -0.1) is 0 Å². The van der Waals surface area contributed by atoms with Crippen LogP contribution in [0.2, 0.25) is 0 Å². The van der Waals surface area contributed by atoms with Crippen molar-refractivity contribution in [1.29, 1.82) is 0 Å². The molecule has 0 aromatic heterocycles. The van der Waals surface area contributed by atoms with E-state index < -0.39 is 6.10 Å². The highest BCUT2D eigenvalue weighted by Gasteiger charge is 2.08. The minimum atomic E-state index is -0.806. The Labute approximate surface area is 70.3 Å². The molecule has 3 heteroatoms. The molecule has 0 heterocycles. The van der Waals surface area contributed by atoms with Crippen LogP contribution in [0.4, 0.5) is 4.39 Å². The summed E-state index contributed by atoms with van der Waals surface area (Å²) in [4.78, 5) is 0. The largest absolute Gasteiger partial charge is 0.387 e. The van der Waals surface area contributed by atoms with Crippen molar-refractivity contribution in [3.63, 3.8) is 0 Å². The summed E-state index contributed by atoms with van der Waals surface area (Å²) < 4.78 is 12.8. The third-order valence-electron chi connectivity index (χ3n) is 1.44. The average molecular weight is 172 g/mol. The van der Waals surface area contributed by atoms with Gasteiger partial charge in [0.2, 0.25) is 0 Å². The monoisotopic (exact) mass is 172 g/mol. The number of aliphatic hydroxyl groups excluding tert-OH is 1. The van der Waals surface area contributed by atoms with E-state index in [1.807, 2.05) is 0 Å². The Morgan fingerprint density at radius 3 is 2.64 bits per heavy atom. The predicted octanol–water partition coefficient (Wildman–Crippen LogP) is 1.79. The first-order chi connectivity index (χ1) is 5.25. The van der Waals surface area contributed by atoms with E-state index in [4.69, 9.17) is 0 Å². The zero-order valence-corrected chi connectivity index (χ0v) is 6.76. The molecule has 11 heavy (non-hydrogen) atoms. The van der Waals surface area contributed by atoms with Crippen LogP contribution >= 0.6 is 12.6 Å². The Morgan fingerprint density at radius 2 is 2.09 bits per heavy atom. The fraction of sp³-hybridized carbons (Fsp3) is 0.250. The normalized spacial score (nSPS) is 13.0. The average Bonchev–Trinajstić information content (AvgIpc) is 2.04. The van der Waals surface area contributed by atoms with E-state index in [0.29, 0.717) is 5.56 Å². The second-order valence-electron chi connectivity index (χ2n) is 2.22. The van der Waals surface area contributed by atoms with Gasteiger partial charge in [0.15, 0.2) is 0 Å². The highest BCUT2D eigenvalue weighted by molar-refractivity contribution is 7.80. The standard InChI is InChI=1S/C8H9FOS/c9-7-4-2-1-3-6(7)8(10)5-11/h1-4,8,10-11H,5H2. The van der Waals surface area contributed by atoms with Crippen LogP contribution in [0.15, 0.2) is 24.3 Å². The van der Waals surface area contributed by atoms with Crippen LogP contribution in [0.5, 0.6) is 0 Å². The Morgan fingerprint density at radius 1 is 1.45 bits per heavy atom. The molecule has 1 nitrogen and oxygen atoms in total. The van der Waals surface area contributed by atoms with E-state index in [1.54, 1.807) is 18.2 Å². The van der Waals surface area contributed by atoms with Crippen LogP contribution in [-0.2, 0) is 0 Å². The van der Waals surface area contributed by atoms with Crippen LogP contribution < -0.4 is 0 Å². The summed E-state index contributed by atoms with van der Waals surface area (Å²) in [6.07, 6.45) is -0.806. The third-order valence-corrected chi connectivity index (χ3v) is 1.78. The Bertz CT molecular complexity index is 239. The summed E-state index contributed by atoms with van der Waals surface area (Å²) >= 11 is 3.86. The van der Waals surface area contributed by atoms with Crippen molar-refractivity contribution in [2.45, 2.75) is 6.10 Å². The van der Waals surface area contributed by atoms with Crippen molar-refractivity contribution in [2.75, 3.05) is 5.75 Å². The van der Waals surface area contributed by atoms with E-state index in [-0.39, 0.29) is 11.6 Å². The summed E-state index contributed by atoms with van der Waals surface area (Å²) in [6, 6.07) is 6.15. The topological polar surface area (TPSA) is 20.2 Å². The molecule has 0 aliphatic carbocycles. The molecule has 0 amide bonds. The number of rotatable bonds is 2. The Hall–Kier alpha value is -0.540. The molecule has 1 atom stereocenters. The predicted molar refractivity (Wildman–Crippen MR) is 45.2 cm³/mol. The fourth-order valence-electron chi connectivity index (χ4n) is 0.844. The minimum absolute atomic E-state index is 0.237. The lowest BCUT2D eigenvalue weighted by Crippen LogP contribution is -2.01. The molecule has 0 bridgehead atoms. The molecule has 0 saturated heterocycles. The van der Waals surface area contributed by atoms with Crippen molar-refractivity contribution in [2.24, 2.45) is 0 Å². The lowest BCUT2D eigenvalue weighted by molar-refractivity contribution is 0.199. The second-order valence-corrected chi connectivity index (χ2v) is 2.59. The van der Waals surface area contributed by atoms with Gasteiger partial charge in [0.25, 0.3) is 0 Å². The molecule has 1 unspecified atom stereocenters. The van der Waals surface area contributed by atoms with Crippen molar-refractivity contribution < 1.29 is 9.50 Å². The first kappa shape index (κ1) is 8.56. The molecular formula is C8H9FOS. The van der Waals surface area contributed by atoms with E-state index in [0.717, 1.165) is 0 Å². The van der Waals surface area contributed by atoms with Crippen molar-refractivity contribution in [1.82, 2.24) is 0 Å². The molecule has 0 saturated carbocycles. The highest BCUT2D eigenvalue weighted by atomic mass is 32.1. The molecule has 1 aromatic carbocycles. The Kier molecular flexibility index (Phi) is 2.91. The molecule has 60 valence electrons. The first-order valence-corrected chi connectivity index (χ1v) is 3.92. The fourth-order valence-corrected chi connectivity index (χ4v) is 1.04. The number of hydrogen-bond donors (Lipinski definition) is 2. The summed E-state index contributed by atoms with van der Waals surface area (Å²) in [5, 5.41) is 9.19. The van der Waals surface area contributed by atoms with E-state index in [9.17, 15) is 9.50 Å². The molecule has 0 aliphatic rings. The van der Waals surface area contributed by atoms with Gasteiger partial charge in [-0.1, -0.05) is 18.2 Å². The van der Waals surface area contributed by atoms with Gasteiger partial charge >= 0.3 is 0 Å². The number of aliphatic hydroxyl groups is 1. The number of halogens is 1. The molecule has 1 rings (SSSR count). The van der Waals surface area contributed by atoms with Crippen LogP contribution in [0.1, 0.15) is 11.7 Å². The zero-order valence-electron chi connectivity index (χ0n) is 5.87. The van der Waals surface area contributed by atoms with E-state index in [1.165, 1.54) is 6.07 Å². The summed E-state index contributed by atoms with van der Waals surface area (Å²) in [7, 11) is 0. The van der Waals surface area contributed by atoms with Crippen molar-refractivity contribution in [3.05, 3.63) is 35.6 Å². The van der Waals surface area contributed by atoms with Gasteiger partial charge in [-0.25, -0.2) is 4.39 Å². The Balaban J connectivity index is 2.93. The molecule has 0 fully saturated rings. The summed E-state index contributed by atoms with van der Waals surface area (Å²) in [6.45, 7) is 0.